The standard InChI is InChI=1S/C15H15F4N3O3S2/c1-2-22(14(15(17,18)19)9-3-5-10(16)6-4-9)27(24,25)13-8-21-12(26-13)7-11(20)23/h3-6,8,14H,2,7H2,1H3,(H2,20,23). The predicted octanol–water partition coefficient (Wildman–Crippen LogP) is 2.62. The highest BCUT2D eigenvalue weighted by atomic mass is 32.2. The number of hydrogen-bond donors (Lipinski definition) is 1. The first kappa shape index (κ1) is 21.3. The summed E-state index contributed by atoms with van der Waals surface area (Å²) in [7, 11) is -4.58. The number of aromatic nitrogens is 1. The summed E-state index contributed by atoms with van der Waals surface area (Å²) in [6, 6.07) is 0.918. The Balaban J connectivity index is 2.50. The molecular weight excluding hydrogens is 410 g/mol. The average Bonchev–Trinajstić information content (AvgIpc) is 3.01. The van der Waals surface area contributed by atoms with Gasteiger partial charge in [0.25, 0.3) is 10.0 Å². The molecule has 12 heteroatoms. The van der Waals surface area contributed by atoms with Crippen LogP contribution in [0.3, 0.4) is 0 Å². The van der Waals surface area contributed by atoms with Gasteiger partial charge in [0.2, 0.25) is 5.91 Å². The molecule has 0 saturated carbocycles. The monoisotopic (exact) mass is 425 g/mol. The van der Waals surface area contributed by atoms with Gasteiger partial charge in [-0.3, -0.25) is 4.79 Å². The molecule has 0 aliphatic heterocycles. The van der Waals surface area contributed by atoms with Crippen LogP contribution in [-0.4, -0.2) is 36.3 Å². The summed E-state index contributed by atoms with van der Waals surface area (Å²) in [5.41, 5.74) is 4.59. The van der Waals surface area contributed by atoms with Crippen LogP contribution >= 0.6 is 11.3 Å². The minimum Gasteiger partial charge on any atom is -0.369 e. The quantitative estimate of drug-likeness (QED) is 0.690. The van der Waals surface area contributed by atoms with Crippen molar-refractivity contribution in [2.75, 3.05) is 6.54 Å². The van der Waals surface area contributed by atoms with Crippen molar-refractivity contribution in [2.45, 2.75) is 29.8 Å². The normalized spacial score (nSPS) is 13.7. The second-order valence-electron chi connectivity index (χ2n) is 5.42. The van der Waals surface area contributed by atoms with Crippen LogP contribution < -0.4 is 5.73 Å². The zero-order valence-electron chi connectivity index (χ0n) is 13.9. The van der Waals surface area contributed by atoms with Gasteiger partial charge in [-0.25, -0.2) is 17.8 Å². The van der Waals surface area contributed by atoms with Gasteiger partial charge in [0.15, 0.2) is 4.21 Å². The molecule has 1 amide bonds. The molecule has 1 aromatic heterocycles. The first-order chi connectivity index (χ1) is 12.5. The SMILES string of the molecule is CCN(C(c1ccc(F)cc1)C(F)(F)F)S(=O)(=O)c1cnc(CC(N)=O)s1. The van der Waals surface area contributed by atoms with E-state index in [1.165, 1.54) is 6.92 Å². The smallest absolute Gasteiger partial charge is 0.369 e. The van der Waals surface area contributed by atoms with Crippen LogP contribution in [-0.2, 0) is 21.2 Å². The molecule has 2 rings (SSSR count). The minimum atomic E-state index is -4.94. The lowest BCUT2D eigenvalue weighted by atomic mass is 10.1. The van der Waals surface area contributed by atoms with E-state index in [0.717, 1.165) is 30.5 Å². The summed E-state index contributed by atoms with van der Waals surface area (Å²) < 4.78 is 79.6. The van der Waals surface area contributed by atoms with Crippen molar-refractivity contribution in [3.63, 3.8) is 0 Å². The molecule has 0 fully saturated rings. The van der Waals surface area contributed by atoms with Crippen LogP contribution in [0, 0.1) is 5.82 Å². The molecule has 0 saturated heterocycles. The average molecular weight is 425 g/mol. The lowest BCUT2D eigenvalue weighted by Gasteiger charge is -2.31. The number of primary amides is 1. The van der Waals surface area contributed by atoms with Crippen LogP contribution in [0.15, 0.2) is 34.7 Å². The highest BCUT2D eigenvalue weighted by Gasteiger charge is 2.49. The lowest BCUT2D eigenvalue weighted by molar-refractivity contribution is -0.173. The summed E-state index contributed by atoms with van der Waals surface area (Å²) in [5, 5.41) is 0.0717. The van der Waals surface area contributed by atoms with Crippen molar-refractivity contribution >= 4 is 27.3 Å². The molecule has 0 spiro atoms. The Labute approximate surface area is 156 Å². The highest BCUT2D eigenvalue weighted by molar-refractivity contribution is 7.91. The first-order valence-electron chi connectivity index (χ1n) is 7.53. The molecule has 0 aliphatic carbocycles. The van der Waals surface area contributed by atoms with Gasteiger partial charge in [0, 0.05) is 6.54 Å². The molecule has 0 aliphatic rings. The summed E-state index contributed by atoms with van der Waals surface area (Å²) >= 11 is 0.569. The first-order valence-corrected chi connectivity index (χ1v) is 9.79. The number of amides is 1. The molecule has 0 bridgehead atoms. The Hall–Kier alpha value is -2.05. The van der Waals surface area contributed by atoms with Crippen molar-refractivity contribution < 1.29 is 30.8 Å². The molecule has 27 heavy (non-hydrogen) atoms. The second-order valence-corrected chi connectivity index (χ2v) is 8.65. The van der Waals surface area contributed by atoms with Crippen molar-refractivity contribution in [3.05, 3.63) is 46.9 Å². The van der Waals surface area contributed by atoms with E-state index in [9.17, 15) is 30.8 Å². The number of alkyl halides is 3. The second kappa shape index (κ2) is 7.90. The van der Waals surface area contributed by atoms with Crippen LogP contribution in [0.5, 0.6) is 0 Å². The van der Waals surface area contributed by atoms with E-state index in [0.29, 0.717) is 11.3 Å². The van der Waals surface area contributed by atoms with Crippen molar-refractivity contribution in [3.8, 4) is 0 Å². The number of carbonyl (C=O) groups is 1. The third-order valence-electron chi connectivity index (χ3n) is 3.52. The van der Waals surface area contributed by atoms with Gasteiger partial charge in [-0.1, -0.05) is 19.1 Å². The van der Waals surface area contributed by atoms with E-state index >= 15 is 0 Å². The van der Waals surface area contributed by atoms with Crippen molar-refractivity contribution in [1.29, 1.82) is 0 Å². The van der Waals surface area contributed by atoms with Crippen LogP contribution in [0.25, 0.3) is 0 Å². The number of thiazole rings is 1. The Bertz CT molecular complexity index is 911. The fourth-order valence-electron chi connectivity index (χ4n) is 2.41. The maximum Gasteiger partial charge on any atom is 0.409 e. The number of nitrogens with two attached hydrogens (primary N) is 1. The van der Waals surface area contributed by atoms with E-state index in [1.807, 2.05) is 0 Å². The third-order valence-corrected chi connectivity index (χ3v) is 6.89. The zero-order chi connectivity index (χ0) is 20.4. The maximum absolute atomic E-state index is 13.7. The predicted molar refractivity (Wildman–Crippen MR) is 89.8 cm³/mol. The van der Waals surface area contributed by atoms with Gasteiger partial charge in [-0.05, 0) is 17.7 Å². The molecular formula is C15H15F4N3O3S2. The molecule has 1 aromatic carbocycles. The van der Waals surface area contributed by atoms with Gasteiger partial charge < -0.3 is 5.73 Å². The number of nitrogens with zero attached hydrogens (tertiary/aromatic N) is 2. The number of rotatable bonds is 7. The van der Waals surface area contributed by atoms with Gasteiger partial charge in [-0.15, -0.1) is 11.3 Å². The summed E-state index contributed by atoms with van der Waals surface area (Å²) in [5.74, 6) is -1.50. The van der Waals surface area contributed by atoms with E-state index in [-0.39, 0.29) is 15.7 Å². The van der Waals surface area contributed by atoms with Crippen molar-refractivity contribution in [1.82, 2.24) is 9.29 Å². The minimum absolute atomic E-state index is 0.0717. The fraction of sp³-hybridized carbons (Fsp3) is 0.333. The highest BCUT2D eigenvalue weighted by Crippen LogP contribution is 2.41. The number of halogens is 4. The van der Waals surface area contributed by atoms with E-state index < -0.39 is 50.3 Å². The number of sulfonamides is 1. The number of hydrogen-bond acceptors (Lipinski definition) is 5. The Morgan fingerprint density at radius 2 is 1.89 bits per heavy atom. The topological polar surface area (TPSA) is 93.4 Å². The fourth-order valence-corrected chi connectivity index (χ4v) is 5.34. The Kier molecular flexibility index (Phi) is 6.22. The Morgan fingerprint density at radius 3 is 2.37 bits per heavy atom. The van der Waals surface area contributed by atoms with E-state index in [2.05, 4.69) is 4.98 Å². The molecule has 6 nitrogen and oxygen atoms in total. The van der Waals surface area contributed by atoms with Crippen molar-refractivity contribution in [2.24, 2.45) is 5.73 Å². The molecule has 1 heterocycles. The summed E-state index contributed by atoms with van der Waals surface area (Å²) in [6.45, 7) is 0.762. The number of carbonyl (C=O) groups excluding carboxylic acids is 1. The largest absolute Gasteiger partial charge is 0.409 e. The molecule has 148 valence electrons. The van der Waals surface area contributed by atoms with E-state index in [1.54, 1.807) is 0 Å². The maximum atomic E-state index is 13.7. The lowest BCUT2D eigenvalue weighted by Crippen LogP contribution is -2.42. The molecule has 2 aromatic rings. The number of benzene rings is 1. The Morgan fingerprint density at radius 1 is 1.30 bits per heavy atom. The van der Waals surface area contributed by atoms with Gasteiger partial charge in [0.1, 0.15) is 16.9 Å². The van der Waals surface area contributed by atoms with Crippen LogP contribution in [0.1, 0.15) is 23.5 Å². The molecule has 1 unspecified atom stereocenters. The molecule has 0 radical (unpaired) electrons. The zero-order valence-corrected chi connectivity index (χ0v) is 15.5. The molecule has 1 atom stereocenters. The van der Waals surface area contributed by atoms with Gasteiger partial charge >= 0.3 is 6.18 Å². The third kappa shape index (κ3) is 4.82. The van der Waals surface area contributed by atoms with E-state index in [4.69, 9.17) is 5.73 Å². The van der Waals surface area contributed by atoms with Gasteiger partial charge in [0.05, 0.1) is 12.6 Å². The van der Waals surface area contributed by atoms with Gasteiger partial charge in [-0.2, -0.15) is 17.5 Å². The molecule has 2 N–H and O–H groups in total. The van der Waals surface area contributed by atoms with Crippen LogP contribution in [0.4, 0.5) is 17.6 Å². The summed E-state index contributed by atoms with van der Waals surface area (Å²) in [6.07, 6.45) is -4.38. The summed E-state index contributed by atoms with van der Waals surface area (Å²) in [4.78, 5) is 14.6. The van der Waals surface area contributed by atoms with Crippen LogP contribution in [0.2, 0.25) is 0 Å².